The number of aliphatic hydroxyl groups excluding tert-OH is 1. The van der Waals surface area contributed by atoms with Gasteiger partial charge in [0.2, 0.25) is 0 Å². The first-order valence-electron chi connectivity index (χ1n) is 2.38. The summed E-state index contributed by atoms with van der Waals surface area (Å²) in [5.74, 6) is -0.175. The van der Waals surface area contributed by atoms with Crippen LogP contribution in [0.25, 0.3) is 0 Å². The minimum atomic E-state index is -1.09. The molecule has 0 aromatic rings. The molecule has 52 valence electrons. The Morgan fingerprint density at radius 1 is 2.00 bits per heavy atom. The first-order chi connectivity index (χ1) is 4.18. The fraction of sp³-hybridized carbons (Fsp3) is 0.400. The third kappa shape index (κ3) is 4.05. The van der Waals surface area contributed by atoms with Gasteiger partial charge in [0.05, 0.1) is 0 Å². The number of nitrogens with two attached hydrogens (primary N) is 1. The van der Waals surface area contributed by atoms with Crippen molar-refractivity contribution in [1.29, 1.82) is 0 Å². The summed E-state index contributed by atoms with van der Waals surface area (Å²) in [5, 5.41) is 8.70. The van der Waals surface area contributed by atoms with Crippen LogP contribution in [-0.2, 0) is 4.79 Å². The van der Waals surface area contributed by atoms with Gasteiger partial charge >= 0.3 is 0 Å². The molecule has 0 spiro atoms. The summed E-state index contributed by atoms with van der Waals surface area (Å²) in [6, 6.07) is 0. The van der Waals surface area contributed by atoms with Gasteiger partial charge < -0.3 is 10.8 Å². The van der Waals surface area contributed by atoms with Crippen molar-refractivity contribution in [2.24, 2.45) is 5.73 Å². The summed E-state index contributed by atoms with van der Waals surface area (Å²) in [5.41, 5.74) is 3.64. The van der Waals surface area contributed by atoms with E-state index in [0.717, 1.165) is 11.8 Å². The molecule has 3 N–H and O–H groups in total. The number of aliphatic hydroxyl groups is 1. The Hall–Kier alpha value is -0.480. The third-order valence-electron chi connectivity index (χ3n) is 0.615. The zero-order chi connectivity index (χ0) is 7.28. The highest BCUT2D eigenvalue weighted by molar-refractivity contribution is 8.00. The second-order valence-corrected chi connectivity index (χ2v) is 2.49. The van der Waals surface area contributed by atoms with E-state index in [4.69, 9.17) is 10.8 Å². The van der Waals surface area contributed by atoms with Gasteiger partial charge in [-0.2, -0.15) is 0 Å². The molecule has 0 rings (SSSR count). The van der Waals surface area contributed by atoms with Gasteiger partial charge in [0, 0.05) is 5.75 Å². The molecule has 0 saturated carbocycles. The van der Waals surface area contributed by atoms with Crippen molar-refractivity contribution in [3.8, 4) is 0 Å². The fourth-order valence-corrected chi connectivity index (χ4v) is 0.724. The maximum Gasteiger partial charge on any atom is 0.256 e. The zero-order valence-corrected chi connectivity index (χ0v) is 5.73. The molecule has 4 heteroatoms. The number of hydrogen-bond acceptors (Lipinski definition) is 3. The van der Waals surface area contributed by atoms with Crippen LogP contribution in [0.5, 0.6) is 0 Å². The molecule has 0 aliphatic heterocycles. The minimum absolute atomic E-state index is 0.532. The Morgan fingerprint density at radius 2 is 2.56 bits per heavy atom. The summed E-state index contributed by atoms with van der Waals surface area (Å²) >= 11 is 1.05. The van der Waals surface area contributed by atoms with E-state index in [1.807, 2.05) is 0 Å². The van der Waals surface area contributed by atoms with Crippen LogP contribution in [-0.4, -0.2) is 22.2 Å². The highest BCUT2D eigenvalue weighted by Gasteiger charge is 2.08. The highest BCUT2D eigenvalue weighted by atomic mass is 32.2. The van der Waals surface area contributed by atoms with Gasteiger partial charge in [-0.1, -0.05) is 6.08 Å². The van der Waals surface area contributed by atoms with Crippen LogP contribution in [0.2, 0.25) is 0 Å². The first kappa shape index (κ1) is 8.52. The molecular formula is C5H9NO2S. The Balaban J connectivity index is 3.37. The molecule has 0 saturated heterocycles. The maximum absolute atomic E-state index is 10.1. The van der Waals surface area contributed by atoms with E-state index >= 15 is 0 Å². The van der Waals surface area contributed by atoms with Crippen LogP contribution in [0, 0.1) is 0 Å². The van der Waals surface area contributed by atoms with Crippen molar-refractivity contribution in [2.75, 3.05) is 5.75 Å². The largest absolute Gasteiger partial charge is 0.373 e. The average molecular weight is 147 g/mol. The molecule has 9 heavy (non-hydrogen) atoms. The fourth-order valence-electron chi connectivity index (χ4n) is 0.241. The number of thioether (sulfide) groups is 1. The lowest BCUT2D eigenvalue weighted by atomic mass is 10.7. The van der Waals surface area contributed by atoms with Crippen molar-refractivity contribution >= 4 is 17.7 Å². The highest BCUT2D eigenvalue weighted by Crippen LogP contribution is 2.05. The van der Waals surface area contributed by atoms with Crippen LogP contribution in [0.3, 0.4) is 0 Å². The lowest BCUT2D eigenvalue weighted by Crippen LogP contribution is -2.25. The van der Waals surface area contributed by atoms with E-state index in [2.05, 4.69) is 6.58 Å². The molecular weight excluding hydrogens is 138 g/mol. The van der Waals surface area contributed by atoms with Crippen LogP contribution < -0.4 is 5.73 Å². The van der Waals surface area contributed by atoms with E-state index in [1.54, 1.807) is 6.08 Å². The summed E-state index contributed by atoms with van der Waals surface area (Å²) in [7, 11) is 0. The summed E-state index contributed by atoms with van der Waals surface area (Å²) < 4.78 is 0. The predicted octanol–water partition coefficient (Wildman–Crippen LogP) is -0.291. The second kappa shape index (κ2) is 4.40. The van der Waals surface area contributed by atoms with Crippen molar-refractivity contribution < 1.29 is 9.90 Å². The van der Waals surface area contributed by atoms with Gasteiger partial charge in [-0.05, 0) is 0 Å². The van der Waals surface area contributed by atoms with Crippen LogP contribution in [0.4, 0.5) is 0 Å². The Kier molecular flexibility index (Phi) is 4.17. The maximum atomic E-state index is 10.1. The van der Waals surface area contributed by atoms with Crippen LogP contribution in [0.1, 0.15) is 0 Å². The number of carbonyl (C=O) groups excluding carboxylic acids is 1. The topological polar surface area (TPSA) is 63.3 Å². The van der Waals surface area contributed by atoms with Gasteiger partial charge in [-0.3, -0.25) is 4.79 Å². The summed E-state index contributed by atoms with van der Waals surface area (Å²) in [6.07, 6.45) is 1.59. The van der Waals surface area contributed by atoms with Gasteiger partial charge in [0.25, 0.3) is 5.91 Å². The smallest absolute Gasteiger partial charge is 0.256 e. The molecule has 1 atom stereocenters. The standard InChI is InChI=1S/C5H9NO2S/c1-2-3-9-5(8)4(6)7/h2,5,8H,1,3H2,(H2,6,7). The number of primary amides is 1. The van der Waals surface area contributed by atoms with Gasteiger partial charge in [0.1, 0.15) is 0 Å². The molecule has 0 heterocycles. The molecule has 3 nitrogen and oxygen atoms in total. The molecule has 1 amide bonds. The minimum Gasteiger partial charge on any atom is -0.373 e. The number of hydrogen-bond donors (Lipinski definition) is 2. The van der Waals surface area contributed by atoms with E-state index < -0.39 is 11.3 Å². The Bertz CT molecular complexity index is 116. The van der Waals surface area contributed by atoms with Gasteiger partial charge in [-0.25, -0.2) is 0 Å². The average Bonchev–Trinajstić information content (AvgIpc) is 1.82. The van der Waals surface area contributed by atoms with Crippen molar-refractivity contribution in [3.63, 3.8) is 0 Å². The summed E-state index contributed by atoms with van der Waals surface area (Å²) in [4.78, 5) is 10.1. The molecule has 0 bridgehead atoms. The Morgan fingerprint density at radius 3 is 2.89 bits per heavy atom. The molecule has 0 aromatic heterocycles. The Labute approximate surface area is 57.9 Å². The van der Waals surface area contributed by atoms with Crippen molar-refractivity contribution in [2.45, 2.75) is 5.44 Å². The van der Waals surface area contributed by atoms with Crippen LogP contribution in [0.15, 0.2) is 12.7 Å². The number of carbonyl (C=O) groups is 1. The molecule has 0 aliphatic carbocycles. The third-order valence-corrected chi connectivity index (χ3v) is 1.59. The number of rotatable bonds is 4. The van der Waals surface area contributed by atoms with Gasteiger partial charge in [0.15, 0.2) is 5.44 Å². The quantitative estimate of drug-likeness (QED) is 0.424. The summed E-state index contributed by atoms with van der Waals surface area (Å²) in [6.45, 7) is 3.41. The molecule has 0 aromatic carbocycles. The lowest BCUT2D eigenvalue weighted by molar-refractivity contribution is -0.122. The second-order valence-electron chi connectivity index (χ2n) is 1.38. The van der Waals surface area contributed by atoms with E-state index in [9.17, 15) is 4.79 Å². The van der Waals surface area contributed by atoms with Crippen LogP contribution >= 0.6 is 11.8 Å². The molecule has 0 radical (unpaired) electrons. The van der Waals surface area contributed by atoms with E-state index in [-0.39, 0.29) is 0 Å². The lowest BCUT2D eigenvalue weighted by Gasteiger charge is -2.01. The first-order valence-corrected chi connectivity index (χ1v) is 3.43. The SMILES string of the molecule is C=CCSC(O)C(N)=O. The molecule has 0 fully saturated rings. The normalized spacial score (nSPS) is 12.6. The van der Waals surface area contributed by atoms with Crippen molar-refractivity contribution in [3.05, 3.63) is 12.7 Å². The monoisotopic (exact) mass is 147 g/mol. The van der Waals surface area contributed by atoms with Gasteiger partial charge in [-0.15, -0.1) is 18.3 Å². The molecule has 0 aliphatic rings. The predicted molar refractivity (Wildman–Crippen MR) is 37.9 cm³/mol. The number of amides is 1. The molecule has 1 unspecified atom stereocenters. The zero-order valence-electron chi connectivity index (χ0n) is 4.91. The van der Waals surface area contributed by atoms with E-state index in [1.165, 1.54) is 0 Å². The van der Waals surface area contributed by atoms with Crippen molar-refractivity contribution in [1.82, 2.24) is 0 Å². The van der Waals surface area contributed by atoms with E-state index in [0.29, 0.717) is 5.75 Å².